The quantitative estimate of drug-likeness (QED) is 0.798. The molecule has 0 amide bonds. The molecule has 1 aliphatic heterocycles. The number of nitriles is 1. The Labute approximate surface area is 163 Å². The average molecular weight is 385 g/mol. The van der Waals surface area contributed by atoms with Crippen molar-refractivity contribution in [1.82, 2.24) is 4.90 Å². The molecule has 1 aromatic carbocycles. The Morgan fingerprint density at radius 3 is 2.63 bits per heavy atom. The maximum absolute atomic E-state index is 12.3. The van der Waals surface area contributed by atoms with Crippen LogP contribution in [-0.4, -0.2) is 43.7 Å². The van der Waals surface area contributed by atoms with Crippen LogP contribution in [0.15, 0.2) is 24.3 Å². The van der Waals surface area contributed by atoms with Gasteiger partial charge < -0.3 is 15.4 Å². The number of nitrogens with zero attached hydrogens (tertiary/aromatic N) is 3. The van der Waals surface area contributed by atoms with Crippen molar-refractivity contribution in [2.45, 2.75) is 20.4 Å². The maximum Gasteiger partial charge on any atom is 0.348 e. The van der Waals surface area contributed by atoms with E-state index in [1.165, 1.54) is 11.3 Å². The monoisotopic (exact) mass is 384 g/mol. The number of esters is 1. The largest absolute Gasteiger partial charge is 0.462 e. The van der Waals surface area contributed by atoms with Gasteiger partial charge in [-0.25, -0.2) is 4.79 Å². The summed E-state index contributed by atoms with van der Waals surface area (Å²) in [6.07, 6.45) is 0. The van der Waals surface area contributed by atoms with Gasteiger partial charge in [-0.2, -0.15) is 5.26 Å². The minimum Gasteiger partial charge on any atom is -0.462 e. The highest BCUT2D eigenvalue weighted by Gasteiger charge is 2.26. The number of para-hydroxylation sites is 1. The summed E-state index contributed by atoms with van der Waals surface area (Å²) in [5.74, 6) is -0.399. The van der Waals surface area contributed by atoms with E-state index in [0.717, 1.165) is 37.5 Å². The van der Waals surface area contributed by atoms with Crippen LogP contribution < -0.4 is 10.6 Å². The lowest BCUT2D eigenvalue weighted by Gasteiger charge is -2.36. The highest BCUT2D eigenvalue weighted by Crippen LogP contribution is 2.32. The van der Waals surface area contributed by atoms with Gasteiger partial charge in [0.15, 0.2) is 0 Å². The summed E-state index contributed by atoms with van der Waals surface area (Å²) in [6, 6.07) is 10.5. The number of nitrogen functional groups attached to an aromatic ring is 1. The van der Waals surface area contributed by atoms with Crippen molar-refractivity contribution in [3.05, 3.63) is 45.8 Å². The van der Waals surface area contributed by atoms with E-state index in [-0.39, 0.29) is 0 Å². The second-order valence-electron chi connectivity index (χ2n) is 6.53. The van der Waals surface area contributed by atoms with E-state index in [2.05, 4.69) is 47.1 Å². The van der Waals surface area contributed by atoms with Crippen molar-refractivity contribution in [1.29, 1.82) is 5.26 Å². The van der Waals surface area contributed by atoms with Gasteiger partial charge in [-0.05, 0) is 25.5 Å². The van der Waals surface area contributed by atoms with Crippen LogP contribution >= 0.6 is 11.3 Å². The summed E-state index contributed by atoms with van der Waals surface area (Å²) in [7, 11) is 0. The maximum atomic E-state index is 12.3. The molecule has 0 spiro atoms. The van der Waals surface area contributed by atoms with Crippen LogP contribution in [0.25, 0.3) is 0 Å². The minimum atomic E-state index is -0.399. The molecular weight excluding hydrogens is 360 g/mol. The van der Waals surface area contributed by atoms with Crippen LogP contribution in [0.3, 0.4) is 0 Å². The molecule has 0 saturated carbocycles. The third kappa shape index (κ3) is 4.07. The Hall–Kier alpha value is -2.56. The van der Waals surface area contributed by atoms with Crippen molar-refractivity contribution in [3.63, 3.8) is 0 Å². The first-order valence-corrected chi connectivity index (χ1v) is 9.88. The Morgan fingerprint density at radius 1 is 1.30 bits per heavy atom. The molecule has 142 valence electrons. The van der Waals surface area contributed by atoms with Gasteiger partial charge in [-0.3, -0.25) is 4.90 Å². The lowest BCUT2D eigenvalue weighted by atomic mass is 10.1. The molecule has 1 aliphatic rings. The molecule has 2 aromatic rings. The Morgan fingerprint density at radius 2 is 2.00 bits per heavy atom. The van der Waals surface area contributed by atoms with Crippen molar-refractivity contribution in [2.24, 2.45) is 0 Å². The number of rotatable bonds is 5. The average Bonchev–Trinajstić information content (AvgIpc) is 2.98. The van der Waals surface area contributed by atoms with Crippen molar-refractivity contribution < 1.29 is 9.53 Å². The zero-order valence-electron chi connectivity index (χ0n) is 15.7. The SMILES string of the molecule is CCOC(=O)c1sc(N)c(C#N)c1CN1CCN(c2ccccc2C)CC1. The summed E-state index contributed by atoms with van der Waals surface area (Å²) in [5.41, 5.74) is 9.61. The molecule has 1 fully saturated rings. The molecule has 3 rings (SSSR count). The van der Waals surface area contributed by atoms with E-state index in [0.29, 0.717) is 34.2 Å². The molecule has 6 nitrogen and oxygen atoms in total. The van der Waals surface area contributed by atoms with Gasteiger partial charge in [0, 0.05) is 44.0 Å². The zero-order chi connectivity index (χ0) is 19.4. The Bertz CT molecular complexity index is 863. The topological polar surface area (TPSA) is 82.6 Å². The van der Waals surface area contributed by atoms with E-state index in [9.17, 15) is 10.1 Å². The number of nitrogens with two attached hydrogens (primary N) is 1. The number of anilines is 2. The first-order valence-electron chi connectivity index (χ1n) is 9.06. The lowest BCUT2D eigenvalue weighted by Crippen LogP contribution is -2.46. The molecule has 0 radical (unpaired) electrons. The van der Waals surface area contributed by atoms with Crippen LogP contribution in [0.1, 0.15) is 33.3 Å². The molecule has 2 N–H and O–H groups in total. The molecule has 1 aromatic heterocycles. The summed E-state index contributed by atoms with van der Waals surface area (Å²) in [5, 5.41) is 9.86. The number of benzene rings is 1. The summed E-state index contributed by atoms with van der Waals surface area (Å²) >= 11 is 1.15. The van der Waals surface area contributed by atoms with Gasteiger partial charge in [-0.15, -0.1) is 11.3 Å². The first kappa shape index (κ1) is 19.2. The van der Waals surface area contributed by atoms with Crippen molar-refractivity contribution in [2.75, 3.05) is 43.4 Å². The smallest absolute Gasteiger partial charge is 0.348 e. The number of carbonyl (C=O) groups is 1. The standard InChI is InChI=1S/C20H24N4O2S/c1-3-26-20(25)18-16(15(12-21)19(22)27-18)13-23-8-10-24(11-9-23)17-7-5-4-6-14(17)2/h4-7H,3,8-11,13,22H2,1-2H3. The number of hydrogen-bond donors (Lipinski definition) is 1. The first-order chi connectivity index (χ1) is 13.0. The number of piperazine rings is 1. The molecule has 0 atom stereocenters. The number of thiophene rings is 1. The second kappa shape index (κ2) is 8.42. The van der Waals surface area contributed by atoms with E-state index >= 15 is 0 Å². The van der Waals surface area contributed by atoms with Crippen LogP contribution in [0.5, 0.6) is 0 Å². The predicted molar refractivity (Wildman–Crippen MR) is 108 cm³/mol. The summed E-state index contributed by atoms with van der Waals surface area (Å²) in [4.78, 5) is 17.4. The molecule has 2 heterocycles. The van der Waals surface area contributed by atoms with Crippen LogP contribution in [-0.2, 0) is 11.3 Å². The molecule has 0 unspecified atom stereocenters. The van der Waals surface area contributed by atoms with Gasteiger partial charge in [0.2, 0.25) is 0 Å². The number of carbonyl (C=O) groups excluding carboxylic acids is 1. The predicted octanol–water partition coefficient (Wildman–Crippen LogP) is 3.01. The van der Waals surface area contributed by atoms with Gasteiger partial charge in [0.25, 0.3) is 0 Å². The number of hydrogen-bond acceptors (Lipinski definition) is 7. The van der Waals surface area contributed by atoms with Gasteiger partial charge in [0.05, 0.1) is 12.2 Å². The van der Waals surface area contributed by atoms with Crippen LogP contribution in [0.4, 0.5) is 10.7 Å². The van der Waals surface area contributed by atoms with Gasteiger partial charge in [0.1, 0.15) is 15.9 Å². The van der Waals surface area contributed by atoms with Gasteiger partial charge in [-0.1, -0.05) is 18.2 Å². The van der Waals surface area contributed by atoms with E-state index in [1.807, 2.05) is 0 Å². The molecule has 27 heavy (non-hydrogen) atoms. The highest BCUT2D eigenvalue weighted by molar-refractivity contribution is 7.18. The fraction of sp³-hybridized carbons (Fsp3) is 0.400. The molecule has 0 aliphatic carbocycles. The molecule has 7 heteroatoms. The van der Waals surface area contributed by atoms with Crippen LogP contribution in [0, 0.1) is 18.3 Å². The van der Waals surface area contributed by atoms with Gasteiger partial charge >= 0.3 is 5.97 Å². The fourth-order valence-corrected chi connectivity index (χ4v) is 4.33. The normalized spacial score (nSPS) is 14.8. The lowest BCUT2D eigenvalue weighted by molar-refractivity contribution is 0.0529. The van der Waals surface area contributed by atoms with E-state index < -0.39 is 5.97 Å². The Kier molecular flexibility index (Phi) is 5.99. The Balaban J connectivity index is 1.73. The third-order valence-corrected chi connectivity index (χ3v) is 5.86. The second-order valence-corrected chi connectivity index (χ2v) is 7.58. The summed E-state index contributed by atoms with van der Waals surface area (Å²) < 4.78 is 5.14. The van der Waals surface area contributed by atoms with Crippen molar-refractivity contribution >= 4 is 28.0 Å². The molecule has 1 saturated heterocycles. The van der Waals surface area contributed by atoms with Crippen molar-refractivity contribution in [3.8, 4) is 6.07 Å². The molecular formula is C20H24N4O2S. The van der Waals surface area contributed by atoms with E-state index in [1.54, 1.807) is 6.92 Å². The van der Waals surface area contributed by atoms with Crippen LogP contribution in [0.2, 0.25) is 0 Å². The zero-order valence-corrected chi connectivity index (χ0v) is 16.5. The third-order valence-electron chi connectivity index (χ3n) is 4.82. The van der Waals surface area contributed by atoms with E-state index in [4.69, 9.17) is 10.5 Å². The number of aryl methyl sites for hydroxylation is 1. The summed E-state index contributed by atoms with van der Waals surface area (Å²) in [6.45, 7) is 8.25. The number of ether oxygens (including phenoxy) is 1. The highest BCUT2D eigenvalue weighted by atomic mass is 32.1. The fourth-order valence-electron chi connectivity index (χ4n) is 3.41. The minimum absolute atomic E-state index is 0.299. The molecule has 0 bridgehead atoms.